The zero-order valence-corrected chi connectivity index (χ0v) is 20.8. The fraction of sp³-hybridized carbons (Fsp3) is 0.217. The molecule has 0 bridgehead atoms. The van der Waals surface area contributed by atoms with E-state index in [1.807, 2.05) is 5.32 Å². The molecule has 4 rings (SSSR count). The lowest BCUT2D eigenvalue weighted by Crippen LogP contribution is -2.61. The van der Waals surface area contributed by atoms with Crippen LogP contribution in [0.25, 0.3) is 5.69 Å². The van der Waals surface area contributed by atoms with Crippen LogP contribution in [-0.2, 0) is 25.2 Å². The molecule has 4 N–H and O–H groups in total. The van der Waals surface area contributed by atoms with Gasteiger partial charge in [-0.15, -0.1) is 0 Å². The lowest BCUT2D eigenvalue weighted by molar-refractivity contribution is -0.194. The Hall–Kier alpha value is -4.24. The van der Waals surface area contributed by atoms with E-state index < -0.39 is 61.1 Å². The summed E-state index contributed by atoms with van der Waals surface area (Å²) in [6, 6.07) is 8.50. The van der Waals surface area contributed by atoms with Gasteiger partial charge in [0.2, 0.25) is 21.5 Å². The Kier molecular flexibility index (Phi) is 6.32. The van der Waals surface area contributed by atoms with Crippen LogP contribution in [0.5, 0.6) is 0 Å². The number of anilines is 2. The number of benzene rings is 2. The summed E-state index contributed by atoms with van der Waals surface area (Å²) in [5.41, 5.74) is -6.51. The second kappa shape index (κ2) is 8.95. The van der Waals surface area contributed by atoms with Crippen molar-refractivity contribution >= 4 is 33.3 Å². The maximum absolute atomic E-state index is 14.7. The van der Waals surface area contributed by atoms with Crippen LogP contribution in [0.4, 0.5) is 24.7 Å². The van der Waals surface area contributed by atoms with Gasteiger partial charge in [0.05, 0.1) is 16.1 Å². The van der Waals surface area contributed by atoms with Crippen molar-refractivity contribution in [2.24, 2.45) is 0 Å². The van der Waals surface area contributed by atoms with Gasteiger partial charge in [-0.2, -0.15) is 17.9 Å². The minimum Gasteiger partial charge on any atom is -0.326 e. The van der Waals surface area contributed by atoms with Crippen LogP contribution in [0, 0.1) is 13.8 Å². The maximum Gasteiger partial charge on any atom is 0.421 e. The van der Waals surface area contributed by atoms with Gasteiger partial charge in [-0.3, -0.25) is 19.4 Å². The number of hydrogen-bond acceptors (Lipinski definition) is 6. The number of rotatable bonds is 5. The van der Waals surface area contributed by atoms with Gasteiger partial charge >= 0.3 is 11.9 Å². The SMILES string of the molecule is CC(=O)Nc1ccc(S(=O)(=O)N[C@]2(C(F)(F)F)C(=O)Nc3c2c(=O)[nH]c(=O)n3-c2ccc(C)c(C)c2)cc1. The largest absolute Gasteiger partial charge is 0.421 e. The van der Waals surface area contributed by atoms with Crippen molar-refractivity contribution in [3.05, 3.63) is 80.0 Å². The summed E-state index contributed by atoms with van der Waals surface area (Å²) in [6.07, 6.45) is -5.66. The first-order valence-corrected chi connectivity index (χ1v) is 12.3. The van der Waals surface area contributed by atoms with E-state index in [0.29, 0.717) is 10.1 Å². The summed E-state index contributed by atoms with van der Waals surface area (Å²) in [5, 5.41) is 4.27. The van der Waals surface area contributed by atoms with Crippen molar-refractivity contribution in [2.45, 2.75) is 37.4 Å². The van der Waals surface area contributed by atoms with Gasteiger partial charge in [0, 0.05) is 12.6 Å². The zero-order valence-electron chi connectivity index (χ0n) is 20.0. The van der Waals surface area contributed by atoms with Crippen LogP contribution in [0.15, 0.2) is 56.9 Å². The molecule has 1 aliphatic heterocycles. The summed E-state index contributed by atoms with van der Waals surface area (Å²) < 4.78 is 72.2. The molecule has 2 aromatic carbocycles. The van der Waals surface area contributed by atoms with E-state index in [1.165, 1.54) is 23.8 Å². The van der Waals surface area contributed by atoms with Crippen molar-refractivity contribution in [1.82, 2.24) is 14.3 Å². The quantitative estimate of drug-likeness (QED) is 0.378. The molecule has 15 heteroatoms. The van der Waals surface area contributed by atoms with Gasteiger partial charge in [-0.25, -0.2) is 17.8 Å². The highest BCUT2D eigenvalue weighted by molar-refractivity contribution is 7.89. The Balaban J connectivity index is 1.93. The molecule has 200 valence electrons. The van der Waals surface area contributed by atoms with Crippen LogP contribution >= 0.6 is 0 Å². The van der Waals surface area contributed by atoms with Gasteiger partial charge in [-0.1, -0.05) is 6.07 Å². The topological polar surface area (TPSA) is 159 Å². The van der Waals surface area contributed by atoms with Crippen LogP contribution < -0.4 is 26.6 Å². The molecule has 1 aliphatic rings. The number of H-pyrrole nitrogens is 1. The van der Waals surface area contributed by atoms with Crippen molar-refractivity contribution < 1.29 is 31.2 Å². The normalized spacial score (nSPS) is 17.2. The summed E-state index contributed by atoms with van der Waals surface area (Å²) in [5.74, 6) is -3.22. The highest BCUT2D eigenvalue weighted by Crippen LogP contribution is 2.46. The third-order valence-corrected chi connectivity index (χ3v) is 7.47. The molecule has 0 unspecified atom stereocenters. The fourth-order valence-electron chi connectivity index (χ4n) is 4.04. The molecule has 0 fully saturated rings. The third kappa shape index (κ3) is 4.28. The molecule has 3 aromatic rings. The summed E-state index contributed by atoms with van der Waals surface area (Å²) in [7, 11) is -5.11. The van der Waals surface area contributed by atoms with E-state index in [0.717, 1.165) is 29.8 Å². The smallest absolute Gasteiger partial charge is 0.326 e. The summed E-state index contributed by atoms with van der Waals surface area (Å²) in [6.45, 7) is 4.64. The Morgan fingerprint density at radius 2 is 1.63 bits per heavy atom. The standard InChI is InChI=1S/C23H20F3N5O6S/c1-11-4-7-15(10-12(11)2)31-18-17(19(33)29-21(31)35)22(20(34)28-18,23(24,25)26)30-38(36,37)16-8-5-14(6-9-16)27-13(3)32/h4-10,30H,1-3H3,(H,27,32)(H,28,34)(H,29,33,35)/t22-/m0/s1. The molecule has 38 heavy (non-hydrogen) atoms. The molecule has 1 atom stereocenters. The Labute approximate surface area is 212 Å². The first-order chi connectivity index (χ1) is 17.6. The molecule has 0 radical (unpaired) electrons. The van der Waals surface area contributed by atoms with Crippen molar-refractivity contribution in [2.75, 3.05) is 10.6 Å². The number of aromatic nitrogens is 2. The summed E-state index contributed by atoms with van der Waals surface area (Å²) >= 11 is 0. The van der Waals surface area contributed by atoms with Crippen LogP contribution in [0.2, 0.25) is 0 Å². The highest BCUT2D eigenvalue weighted by Gasteiger charge is 2.69. The number of carbonyl (C=O) groups is 2. The molecule has 0 saturated carbocycles. The van der Waals surface area contributed by atoms with Crippen LogP contribution in [0.3, 0.4) is 0 Å². The van der Waals surface area contributed by atoms with E-state index >= 15 is 0 Å². The first-order valence-electron chi connectivity index (χ1n) is 10.9. The predicted octanol–water partition coefficient (Wildman–Crippen LogP) is 1.79. The average molecular weight is 552 g/mol. The van der Waals surface area contributed by atoms with Crippen LogP contribution in [0.1, 0.15) is 23.6 Å². The number of alkyl halides is 3. The second-order valence-electron chi connectivity index (χ2n) is 8.60. The zero-order chi connectivity index (χ0) is 28.2. The van der Waals surface area contributed by atoms with E-state index in [1.54, 1.807) is 24.9 Å². The van der Waals surface area contributed by atoms with Gasteiger partial charge < -0.3 is 10.6 Å². The molecule has 0 spiro atoms. The summed E-state index contributed by atoms with van der Waals surface area (Å²) in [4.78, 5) is 50.7. The molecule has 2 amide bonds. The maximum atomic E-state index is 14.7. The molecular formula is C23H20F3N5O6S. The van der Waals surface area contributed by atoms with Gasteiger partial charge in [-0.05, 0) is 61.4 Å². The Morgan fingerprint density at radius 1 is 1.00 bits per heavy atom. The molecule has 2 heterocycles. The number of aromatic amines is 1. The molecule has 1 aromatic heterocycles. The van der Waals surface area contributed by atoms with Crippen molar-refractivity contribution in [1.29, 1.82) is 0 Å². The predicted molar refractivity (Wildman–Crippen MR) is 130 cm³/mol. The van der Waals surface area contributed by atoms with Crippen molar-refractivity contribution in [3.8, 4) is 5.69 Å². The van der Waals surface area contributed by atoms with E-state index in [9.17, 15) is 40.8 Å². The van der Waals surface area contributed by atoms with Crippen LogP contribution in [-0.4, -0.2) is 36.0 Å². The number of nitrogens with one attached hydrogen (secondary N) is 4. The Bertz CT molecular complexity index is 1710. The first kappa shape index (κ1) is 26.8. The highest BCUT2D eigenvalue weighted by atomic mass is 32.2. The van der Waals surface area contributed by atoms with Gasteiger partial charge in [0.1, 0.15) is 5.82 Å². The average Bonchev–Trinajstić information content (AvgIpc) is 3.08. The van der Waals surface area contributed by atoms with E-state index in [-0.39, 0.29) is 11.4 Å². The monoisotopic (exact) mass is 551 g/mol. The number of aryl methyl sites for hydroxylation is 2. The fourth-order valence-corrected chi connectivity index (χ4v) is 5.36. The van der Waals surface area contributed by atoms with Crippen molar-refractivity contribution in [3.63, 3.8) is 0 Å². The molecule has 0 aliphatic carbocycles. The Morgan fingerprint density at radius 3 is 2.18 bits per heavy atom. The minimum atomic E-state index is -5.66. The molecule has 11 nitrogen and oxygen atoms in total. The number of hydrogen-bond donors (Lipinski definition) is 4. The van der Waals surface area contributed by atoms with Gasteiger partial charge in [0.25, 0.3) is 11.5 Å². The molecular weight excluding hydrogens is 531 g/mol. The second-order valence-corrected chi connectivity index (χ2v) is 10.3. The number of sulfonamides is 1. The van der Waals surface area contributed by atoms with E-state index in [2.05, 4.69) is 5.32 Å². The van der Waals surface area contributed by atoms with Gasteiger partial charge in [0.15, 0.2) is 0 Å². The lowest BCUT2D eigenvalue weighted by atomic mass is 9.93. The molecule has 0 saturated heterocycles. The number of nitrogens with zero attached hydrogens (tertiary/aromatic N) is 1. The number of fused-ring (bicyclic) bond motifs is 1. The minimum absolute atomic E-state index is 0.0280. The van der Waals surface area contributed by atoms with E-state index in [4.69, 9.17) is 0 Å². The number of carbonyl (C=O) groups excluding carboxylic acids is 2. The third-order valence-electron chi connectivity index (χ3n) is 6.00. The number of halogens is 3. The number of amides is 2. The lowest BCUT2D eigenvalue weighted by Gasteiger charge is -2.29.